The van der Waals surface area contributed by atoms with Gasteiger partial charge in [-0.2, -0.15) is 0 Å². The number of halogens is 3. The normalized spacial score (nSPS) is 14.6. The first-order valence-corrected chi connectivity index (χ1v) is 7.28. The molecule has 0 bridgehead atoms. The molecule has 1 aromatic heterocycles. The Hall–Kier alpha value is 0.200. The lowest BCUT2D eigenvalue weighted by Crippen LogP contribution is -2.35. The Morgan fingerprint density at radius 1 is 1.50 bits per heavy atom. The summed E-state index contributed by atoms with van der Waals surface area (Å²) in [5, 5.41) is 3.44. The minimum absolute atomic E-state index is 0.00883. The van der Waals surface area contributed by atoms with E-state index in [-0.39, 0.29) is 5.54 Å². The van der Waals surface area contributed by atoms with Gasteiger partial charge in [-0.05, 0) is 57.7 Å². The molecule has 1 aromatic rings. The number of hydrogen-bond donors (Lipinski definition) is 1. The highest BCUT2D eigenvalue weighted by molar-refractivity contribution is 9.11. The van der Waals surface area contributed by atoms with Crippen molar-refractivity contribution in [1.82, 2.24) is 4.98 Å². The summed E-state index contributed by atoms with van der Waals surface area (Å²) < 4.78 is 1.91. The zero-order valence-corrected chi connectivity index (χ0v) is 13.3. The van der Waals surface area contributed by atoms with E-state index < -0.39 is 0 Å². The average Bonchev–Trinajstić information content (AvgIpc) is 2.23. The zero-order valence-electron chi connectivity index (χ0n) is 9.36. The zero-order chi connectivity index (χ0) is 12.2. The van der Waals surface area contributed by atoms with Crippen LogP contribution < -0.4 is 5.32 Å². The van der Waals surface area contributed by atoms with Crippen LogP contribution in [0.3, 0.4) is 0 Å². The summed E-state index contributed by atoms with van der Waals surface area (Å²) in [6.07, 6.45) is 3.70. The van der Waals surface area contributed by atoms with Crippen LogP contribution in [0.15, 0.2) is 21.2 Å². The molecule has 1 unspecified atom stereocenters. The van der Waals surface area contributed by atoms with E-state index in [0.717, 1.165) is 27.6 Å². The van der Waals surface area contributed by atoms with Crippen LogP contribution in [-0.4, -0.2) is 16.4 Å². The van der Waals surface area contributed by atoms with Crippen molar-refractivity contribution in [2.75, 3.05) is 11.2 Å². The SMILES string of the molecule is CCC(C)(CCCl)Nc1ncc(Br)cc1Br. The lowest BCUT2D eigenvalue weighted by Gasteiger charge is -2.30. The van der Waals surface area contributed by atoms with Crippen LogP contribution in [0.5, 0.6) is 0 Å². The molecule has 0 fully saturated rings. The molecule has 0 spiro atoms. The van der Waals surface area contributed by atoms with Gasteiger partial charge in [0.05, 0.1) is 4.47 Å². The fraction of sp³-hybridized carbons (Fsp3) is 0.545. The quantitative estimate of drug-likeness (QED) is 0.752. The Morgan fingerprint density at radius 2 is 2.19 bits per heavy atom. The van der Waals surface area contributed by atoms with E-state index in [1.807, 2.05) is 6.07 Å². The molecule has 1 heterocycles. The van der Waals surface area contributed by atoms with Crippen molar-refractivity contribution in [2.45, 2.75) is 32.2 Å². The molecule has 90 valence electrons. The standard InChI is InChI=1S/C11H15Br2ClN2/c1-3-11(2,4-5-14)16-10-9(13)6-8(12)7-15-10/h6-7H,3-5H2,1-2H3,(H,15,16). The van der Waals surface area contributed by atoms with E-state index >= 15 is 0 Å². The number of nitrogens with zero attached hydrogens (tertiary/aromatic N) is 1. The van der Waals surface area contributed by atoms with E-state index in [4.69, 9.17) is 11.6 Å². The van der Waals surface area contributed by atoms with Gasteiger partial charge in [0.1, 0.15) is 5.82 Å². The van der Waals surface area contributed by atoms with Crippen molar-refractivity contribution < 1.29 is 0 Å². The number of aromatic nitrogens is 1. The summed E-state index contributed by atoms with van der Waals surface area (Å²) in [5.41, 5.74) is -0.00883. The van der Waals surface area contributed by atoms with Crippen LogP contribution in [0.2, 0.25) is 0 Å². The van der Waals surface area contributed by atoms with Crippen LogP contribution in [0.1, 0.15) is 26.7 Å². The second-order valence-corrected chi connectivity index (χ2v) is 6.11. The summed E-state index contributed by atoms with van der Waals surface area (Å²) >= 11 is 12.7. The van der Waals surface area contributed by atoms with Crippen molar-refractivity contribution in [2.24, 2.45) is 0 Å². The van der Waals surface area contributed by atoms with Gasteiger partial charge in [0.2, 0.25) is 0 Å². The summed E-state index contributed by atoms with van der Waals surface area (Å²) in [6.45, 7) is 4.30. The number of nitrogens with one attached hydrogen (secondary N) is 1. The fourth-order valence-electron chi connectivity index (χ4n) is 1.33. The largest absolute Gasteiger partial charge is 0.364 e. The number of alkyl halides is 1. The molecule has 0 radical (unpaired) electrons. The first kappa shape index (κ1) is 14.3. The molecule has 0 aliphatic rings. The number of rotatable bonds is 5. The minimum atomic E-state index is -0.00883. The lowest BCUT2D eigenvalue weighted by atomic mass is 9.95. The molecular weight excluding hydrogens is 355 g/mol. The van der Waals surface area contributed by atoms with E-state index in [1.165, 1.54) is 0 Å². The Kier molecular flexibility index (Phi) is 5.54. The van der Waals surface area contributed by atoms with Crippen molar-refractivity contribution in [3.8, 4) is 0 Å². The molecule has 2 nitrogen and oxygen atoms in total. The number of pyridine rings is 1. The third kappa shape index (κ3) is 3.90. The third-order valence-electron chi connectivity index (χ3n) is 2.65. The van der Waals surface area contributed by atoms with E-state index in [2.05, 4.69) is 56.0 Å². The first-order chi connectivity index (χ1) is 7.50. The maximum Gasteiger partial charge on any atom is 0.140 e. The first-order valence-electron chi connectivity index (χ1n) is 5.16. The van der Waals surface area contributed by atoms with Gasteiger partial charge in [-0.25, -0.2) is 4.98 Å². The van der Waals surface area contributed by atoms with E-state index in [0.29, 0.717) is 5.88 Å². The molecule has 0 aliphatic heterocycles. The molecule has 5 heteroatoms. The minimum Gasteiger partial charge on any atom is -0.364 e. The highest BCUT2D eigenvalue weighted by Crippen LogP contribution is 2.28. The van der Waals surface area contributed by atoms with Crippen LogP contribution >= 0.6 is 43.5 Å². The topological polar surface area (TPSA) is 24.9 Å². The summed E-state index contributed by atoms with van der Waals surface area (Å²) in [6, 6.07) is 1.98. The summed E-state index contributed by atoms with van der Waals surface area (Å²) in [7, 11) is 0. The van der Waals surface area contributed by atoms with Gasteiger partial charge in [0, 0.05) is 22.1 Å². The summed E-state index contributed by atoms with van der Waals surface area (Å²) in [4.78, 5) is 4.35. The van der Waals surface area contributed by atoms with Gasteiger partial charge < -0.3 is 5.32 Å². The molecule has 1 N–H and O–H groups in total. The predicted molar refractivity (Wildman–Crippen MR) is 77.3 cm³/mol. The van der Waals surface area contributed by atoms with Crippen molar-refractivity contribution in [1.29, 1.82) is 0 Å². The molecule has 1 atom stereocenters. The molecule has 1 rings (SSSR count). The highest BCUT2D eigenvalue weighted by Gasteiger charge is 2.22. The fourth-order valence-corrected chi connectivity index (χ4v) is 2.83. The third-order valence-corrected chi connectivity index (χ3v) is 3.88. The predicted octanol–water partition coefficient (Wildman–Crippen LogP) is 4.82. The Morgan fingerprint density at radius 3 is 2.69 bits per heavy atom. The van der Waals surface area contributed by atoms with Gasteiger partial charge in [-0.1, -0.05) is 6.92 Å². The summed E-state index contributed by atoms with van der Waals surface area (Å²) in [5.74, 6) is 1.50. The van der Waals surface area contributed by atoms with Crippen LogP contribution in [0.25, 0.3) is 0 Å². The number of hydrogen-bond acceptors (Lipinski definition) is 2. The van der Waals surface area contributed by atoms with E-state index in [1.54, 1.807) is 6.20 Å². The van der Waals surface area contributed by atoms with Gasteiger partial charge in [-0.3, -0.25) is 0 Å². The van der Waals surface area contributed by atoms with Crippen molar-refractivity contribution in [3.63, 3.8) is 0 Å². The van der Waals surface area contributed by atoms with Gasteiger partial charge >= 0.3 is 0 Å². The Labute approximate surface area is 118 Å². The highest BCUT2D eigenvalue weighted by atomic mass is 79.9. The monoisotopic (exact) mass is 368 g/mol. The van der Waals surface area contributed by atoms with Crippen molar-refractivity contribution in [3.05, 3.63) is 21.2 Å². The maximum atomic E-state index is 5.82. The molecular formula is C11H15Br2ClN2. The van der Waals surface area contributed by atoms with Gasteiger partial charge in [-0.15, -0.1) is 11.6 Å². The second kappa shape index (κ2) is 6.22. The smallest absolute Gasteiger partial charge is 0.140 e. The van der Waals surface area contributed by atoms with Crippen molar-refractivity contribution >= 4 is 49.3 Å². The Bertz CT molecular complexity index is 360. The molecule has 16 heavy (non-hydrogen) atoms. The molecule has 0 saturated carbocycles. The van der Waals surface area contributed by atoms with Gasteiger partial charge in [0.25, 0.3) is 0 Å². The maximum absolute atomic E-state index is 5.82. The molecule has 0 aliphatic carbocycles. The Balaban J connectivity index is 2.85. The second-order valence-electron chi connectivity index (χ2n) is 3.96. The van der Waals surface area contributed by atoms with Crippen LogP contribution in [0.4, 0.5) is 5.82 Å². The van der Waals surface area contributed by atoms with Crippen LogP contribution in [-0.2, 0) is 0 Å². The molecule has 0 amide bonds. The number of anilines is 1. The average molecular weight is 371 g/mol. The lowest BCUT2D eigenvalue weighted by molar-refractivity contribution is 0.479. The van der Waals surface area contributed by atoms with Gasteiger partial charge in [0.15, 0.2) is 0 Å². The molecule has 0 aromatic carbocycles. The van der Waals surface area contributed by atoms with E-state index in [9.17, 15) is 0 Å². The molecule has 0 saturated heterocycles. The van der Waals surface area contributed by atoms with Crippen LogP contribution in [0, 0.1) is 0 Å².